The van der Waals surface area contributed by atoms with Gasteiger partial charge in [-0.15, -0.1) is 0 Å². The minimum Gasteiger partial charge on any atom is -0.203 e. The van der Waals surface area contributed by atoms with Crippen LogP contribution in [0.25, 0.3) is 39.0 Å². The molecule has 7 rings (SSSR count). The summed E-state index contributed by atoms with van der Waals surface area (Å²) in [5.41, 5.74) is -3.44. The molecule has 0 aromatic heterocycles. The summed E-state index contributed by atoms with van der Waals surface area (Å²) >= 11 is 0. The minimum absolute atomic E-state index is 0.00483. The monoisotopic (exact) mass is 712 g/mol. The van der Waals surface area contributed by atoms with Crippen LogP contribution in [0.3, 0.4) is 0 Å². The van der Waals surface area contributed by atoms with Crippen LogP contribution >= 0.6 is 0 Å². The Bertz CT molecular complexity index is 2600. The molecule has 0 saturated heterocycles. The van der Waals surface area contributed by atoms with Gasteiger partial charge in [0.25, 0.3) is 0 Å². The lowest BCUT2D eigenvalue weighted by molar-refractivity contribution is 0.381. The first-order chi connectivity index (χ1) is 24.8. The van der Waals surface area contributed by atoms with Crippen molar-refractivity contribution in [3.8, 4) is 46.5 Å². The Morgan fingerprint density at radius 3 is 1.35 bits per heavy atom. The fourth-order valence-corrected chi connectivity index (χ4v) is 7.02. The van der Waals surface area contributed by atoms with Crippen LogP contribution in [0, 0.1) is 109 Å². The molecule has 252 valence electrons. The fraction of sp³-hybridized carbons (Fsp3) is 0.0526. The van der Waals surface area contributed by atoms with Gasteiger partial charge in [0.15, 0.2) is 46.5 Å². The summed E-state index contributed by atoms with van der Waals surface area (Å²) in [7, 11) is 0. The summed E-state index contributed by atoms with van der Waals surface area (Å²) in [4.78, 5) is 0. The highest BCUT2D eigenvalue weighted by atomic mass is 19.2. The molecule has 2 atom stereocenters. The molecule has 0 radical (unpaired) electrons. The summed E-state index contributed by atoms with van der Waals surface area (Å²) < 4.78 is 143. The van der Waals surface area contributed by atoms with Gasteiger partial charge in [-0.1, -0.05) is 36.4 Å². The molecule has 2 unspecified atom stereocenters. The molecule has 3 aliphatic rings. The van der Waals surface area contributed by atoms with Gasteiger partial charge in [0, 0.05) is 17.4 Å². The van der Waals surface area contributed by atoms with Crippen LogP contribution in [-0.4, -0.2) is 0 Å². The van der Waals surface area contributed by atoms with E-state index in [1.807, 2.05) is 0 Å². The highest BCUT2D eigenvalue weighted by molar-refractivity contribution is 6.12. The van der Waals surface area contributed by atoms with Gasteiger partial charge < -0.3 is 0 Å². The van der Waals surface area contributed by atoms with Crippen molar-refractivity contribution in [3.63, 3.8) is 0 Å². The summed E-state index contributed by atoms with van der Waals surface area (Å²) in [5, 5.41) is 39.6. The van der Waals surface area contributed by atoms with Crippen LogP contribution in [0.1, 0.15) is 28.2 Å². The van der Waals surface area contributed by atoms with Gasteiger partial charge in [0.05, 0.1) is 11.1 Å². The number of nitrogens with zero attached hydrogens (tertiary/aromatic N) is 4. The number of nitriles is 4. The molecule has 4 aromatic rings. The summed E-state index contributed by atoms with van der Waals surface area (Å²) in [6.07, 6.45) is 3.08. The van der Waals surface area contributed by atoms with Gasteiger partial charge in [-0.3, -0.25) is 0 Å². The van der Waals surface area contributed by atoms with E-state index in [2.05, 4.69) is 0 Å². The van der Waals surface area contributed by atoms with Crippen LogP contribution in [0.5, 0.6) is 0 Å². The largest absolute Gasteiger partial charge is 0.203 e. The second-order valence-electron chi connectivity index (χ2n) is 11.7. The van der Waals surface area contributed by atoms with Gasteiger partial charge in [0.1, 0.15) is 35.4 Å². The number of fused-ring (bicyclic) bond motifs is 6. The molecule has 3 aliphatic carbocycles. The number of rotatable bonds is 2. The average molecular weight is 713 g/mol. The maximum absolute atomic E-state index is 14.8. The Kier molecular flexibility index (Phi) is 7.66. The average Bonchev–Trinajstić information content (AvgIpc) is 3.63. The maximum atomic E-state index is 14.8. The van der Waals surface area contributed by atoms with Crippen LogP contribution < -0.4 is 0 Å². The molecule has 0 amide bonds. The third-order valence-corrected chi connectivity index (χ3v) is 9.22. The maximum Gasteiger partial charge on any atom is 0.200 e. The van der Waals surface area contributed by atoms with Crippen molar-refractivity contribution >= 4 is 16.7 Å². The van der Waals surface area contributed by atoms with Crippen LogP contribution in [0.2, 0.25) is 0 Å². The predicted octanol–water partition coefficient (Wildman–Crippen LogP) is 9.76. The molecular formula is C38H10F10N4. The van der Waals surface area contributed by atoms with E-state index >= 15 is 0 Å². The van der Waals surface area contributed by atoms with E-state index in [1.165, 1.54) is 12.1 Å². The van der Waals surface area contributed by atoms with Crippen molar-refractivity contribution in [2.75, 3.05) is 0 Å². The molecule has 14 heteroatoms. The van der Waals surface area contributed by atoms with E-state index in [0.29, 0.717) is 5.56 Å². The van der Waals surface area contributed by atoms with E-state index in [0.717, 1.165) is 24.3 Å². The van der Waals surface area contributed by atoms with Crippen molar-refractivity contribution in [1.82, 2.24) is 0 Å². The zero-order valence-corrected chi connectivity index (χ0v) is 25.3. The molecule has 4 nitrogen and oxygen atoms in total. The number of allylic oxidation sites excluding steroid dienone is 8. The first kappa shape index (κ1) is 33.6. The van der Waals surface area contributed by atoms with Gasteiger partial charge in [-0.05, 0) is 62.2 Å². The van der Waals surface area contributed by atoms with Crippen LogP contribution in [0.4, 0.5) is 43.9 Å². The summed E-state index contributed by atoms with van der Waals surface area (Å²) in [5.74, 6) is -23.7. The Labute approximate surface area is 285 Å². The van der Waals surface area contributed by atoms with Crippen molar-refractivity contribution < 1.29 is 43.9 Å². The van der Waals surface area contributed by atoms with Gasteiger partial charge >= 0.3 is 0 Å². The molecule has 0 spiro atoms. The van der Waals surface area contributed by atoms with Crippen molar-refractivity contribution in [3.05, 3.63) is 146 Å². The number of hydrogen-bond donors (Lipinski definition) is 0. The highest BCUT2D eigenvalue weighted by Gasteiger charge is 2.43. The van der Waals surface area contributed by atoms with Gasteiger partial charge in [-0.2, -0.15) is 21.0 Å². The Morgan fingerprint density at radius 2 is 0.865 bits per heavy atom. The van der Waals surface area contributed by atoms with Crippen molar-refractivity contribution in [1.29, 1.82) is 21.0 Å². The SMILES string of the molecule is N#CC(C#N)=C1C2=CC3c4ccc(-c5c(F)c(F)c(F)c(F)c5F)cc4C(=C(C#N)C#N)C3C=C2c2ccc(-c3c(F)c(F)c(F)c(F)c3F)cc21. The van der Waals surface area contributed by atoms with E-state index in [4.69, 9.17) is 0 Å². The normalized spacial score (nSPS) is 16.3. The second kappa shape index (κ2) is 11.9. The lowest BCUT2D eigenvalue weighted by Crippen LogP contribution is -2.09. The lowest BCUT2D eigenvalue weighted by atomic mass is 9.79. The van der Waals surface area contributed by atoms with Crippen LogP contribution in [-0.2, 0) is 0 Å². The molecule has 0 bridgehead atoms. The Morgan fingerprint density at radius 1 is 0.442 bits per heavy atom. The minimum atomic E-state index is -2.37. The highest BCUT2D eigenvalue weighted by Crippen LogP contribution is 2.59. The third kappa shape index (κ3) is 4.44. The quantitative estimate of drug-likeness (QED) is 0.0895. The van der Waals surface area contributed by atoms with Crippen molar-refractivity contribution in [2.24, 2.45) is 5.92 Å². The molecule has 0 heterocycles. The fourth-order valence-electron chi connectivity index (χ4n) is 7.02. The van der Waals surface area contributed by atoms with E-state index in [1.54, 1.807) is 36.4 Å². The molecule has 0 saturated carbocycles. The number of benzene rings is 4. The van der Waals surface area contributed by atoms with Gasteiger partial charge in [-0.25, -0.2) is 43.9 Å². The smallest absolute Gasteiger partial charge is 0.200 e. The first-order valence-electron chi connectivity index (χ1n) is 14.7. The van der Waals surface area contributed by atoms with Gasteiger partial charge in [0.2, 0.25) is 11.6 Å². The lowest BCUT2D eigenvalue weighted by Gasteiger charge is -2.23. The predicted molar refractivity (Wildman–Crippen MR) is 162 cm³/mol. The number of hydrogen-bond acceptors (Lipinski definition) is 4. The topological polar surface area (TPSA) is 95.2 Å². The van der Waals surface area contributed by atoms with E-state index < -0.39 is 103 Å². The second-order valence-corrected chi connectivity index (χ2v) is 11.7. The zero-order valence-electron chi connectivity index (χ0n) is 25.3. The van der Waals surface area contributed by atoms with Crippen molar-refractivity contribution in [2.45, 2.75) is 5.92 Å². The molecule has 0 N–H and O–H groups in total. The molecule has 52 heavy (non-hydrogen) atoms. The molecule has 0 aliphatic heterocycles. The third-order valence-electron chi connectivity index (χ3n) is 9.22. The van der Waals surface area contributed by atoms with Crippen LogP contribution in [0.15, 0.2) is 65.3 Å². The molecule has 0 fully saturated rings. The molecule has 4 aromatic carbocycles. The standard InChI is InChI=1S/C38H10F10N4/c39-29-27(30(40)34(44)37(47)33(29)43)13-1-3-17-19-7-24-20(8-23(19)25(21(17)5-13)15(9-49)10-50)18-4-2-14(6-22(18)26(24)16(11-51)12-52)28-31(41)35(45)38(48)36(46)32(28)42/h1-8,19,23H. The van der Waals surface area contributed by atoms with E-state index in [-0.39, 0.29) is 39.0 Å². The Hall–Kier alpha value is -6.90. The zero-order chi connectivity index (χ0) is 37.5. The first-order valence-corrected chi connectivity index (χ1v) is 14.7. The Balaban J connectivity index is 1.47. The number of halogens is 10. The summed E-state index contributed by atoms with van der Waals surface area (Å²) in [6.45, 7) is 0. The molecular weight excluding hydrogens is 702 g/mol. The van der Waals surface area contributed by atoms with E-state index in [9.17, 15) is 65.0 Å². The summed E-state index contributed by atoms with van der Waals surface area (Å²) in [6, 6.07) is 13.7.